The number of fused-ring (bicyclic) bond motifs is 1. The molecule has 7 heteroatoms. The van der Waals surface area contributed by atoms with Crippen molar-refractivity contribution in [2.24, 2.45) is 0 Å². The minimum absolute atomic E-state index is 0.528. The Hall–Kier alpha value is -2.44. The lowest BCUT2D eigenvalue weighted by Gasteiger charge is -2.21. The Balaban J connectivity index is 2.04. The number of hydrogen-bond acceptors (Lipinski definition) is 6. The van der Waals surface area contributed by atoms with Crippen molar-refractivity contribution >= 4 is 11.5 Å². The maximum atomic E-state index is 5.43. The molecule has 0 saturated carbocycles. The summed E-state index contributed by atoms with van der Waals surface area (Å²) in [7, 11) is 1.97. The van der Waals surface area contributed by atoms with Crippen molar-refractivity contribution in [2.45, 2.75) is 27.3 Å². The highest BCUT2D eigenvalue weighted by atomic mass is 16.4. The molecule has 0 atom stereocenters. The molecule has 20 heavy (non-hydrogen) atoms. The summed E-state index contributed by atoms with van der Waals surface area (Å²) in [5.41, 5.74) is 2.90. The van der Waals surface area contributed by atoms with E-state index in [4.69, 9.17) is 4.42 Å². The predicted octanol–water partition coefficient (Wildman–Crippen LogP) is 1.67. The average Bonchev–Trinajstić information content (AvgIpc) is 2.99. The van der Waals surface area contributed by atoms with E-state index in [9.17, 15) is 0 Å². The summed E-state index contributed by atoms with van der Waals surface area (Å²) >= 11 is 0. The molecule has 3 aromatic rings. The molecular weight excluding hydrogens is 256 g/mol. The van der Waals surface area contributed by atoms with E-state index in [0.29, 0.717) is 18.3 Å². The van der Waals surface area contributed by atoms with Gasteiger partial charge in [-0.05, 0) is 13.8 Å². The van der Waals surface area contributed by atoms with Crippen LogP contribution in [0.3, 0.4) is 0 Å². The molecule has 7 nitrogen and oxygen atoms in total. The van der Waals surface area contributed by atoms with E-state index in [1.807, 2.05) is 36.4 Å². The molecule has 0 radical (unpaired) electrons. The Morgan fingerprint density at radius 3 is 2.75 bits per heavy atom. The molecule has 0 aromatic carbocycles. The minimum atomic E-state index is 0.528. The largest absolute Gasteiger partial charge is 0.424 e. The van der Waals surface area contributed by atoms with Gasteiger partial charge in [0.05, 0.1) is 12.7 Å². The van der Waals surface area contributed by atoms with E-state index in [1.54, 1.807) is 13.1 Å². The molecule has 0 unspecified atom stereocenters. The van der Waals surface area contributed by atoms with Crippen LogP contribution in [0.4, 0.5) is 5.82 Å². The predicted molar refractivity (Wildman–Crippen MR) is 73.6 cm³/mol. The van der Waals surface area contributed by atoms with Crippen LogP contribution in [0.15, 0.2) is 16.7 Å². The van der Waals surface area contributed by atoms with Crippen molar-refractivity contribution < 1.29 is 4.42 Å². The van der Waals surface area contributed by atoms with Crippen molar-refractivity contribution in [1.29, 1.82) is 0 Å². The Kier molecular flexibility index (Phi) is 2.89. The van der Waals surface area contributed by atoms with Gasteiger partial charge in [-0.15, -0.1) is 10.2 Å². The second-order valence-corrected chi connectivity index (χ2v) is 4.82. The molecule has 0 saturated heterocycles. The summed E-state index contributed by atoms with van der Waals surface area (Å²) < 4.78 is 7.26. The van der Waals surface area contributed by atoms with Gasteiger partial charge in [0.2, 0.25) is 11.8 Å². The number of nitrogens with zero attached hydrogens (tertiary/aromatic N) is 6. The molecule has 3 aromatic heterocycles. The average molecular weight is 272 g/mol. The van der Waals surface area contributed by atoms with Gasteiger partial charge in [-0.3, -0.25) is 0 Å². The Morgan fingerprint density at radius 2 is 2.05 bits per heavy atom. The summed E-state index contributed by atoms with van der Waals surface area (Å²) in [4.78, 5) is 6.55. The van der Waals surface area contributed by atoms with E-state index in [-0.39, 0.29) is 0 Å². The fraction of sp³-hybridized carbons (Fsp3) is 0.385. The molecule has 0 fully saturated rings. The van der Waals surface area contributed by atoms with Gasteiger partial charge in [0.1, 0.15) is 5.82 Å². The molecule has 0 bridgehead atoms. The van der Waals surface area contributed by atoms with Crippen LogP contribution in [0.25, 0.3) is 5.65 Å². The van der Waals surface area contributed by atoms with Crippen molar-refractivity contribution in [1.82, 2.24) is 24.8 Å². The molecule has 0 aliphatic heterocycles. The zero-order valence-electron chi connectivity index (χ0n) is 12.0. The number of hydrogen-bond donors (Lipinski definition) is 0. The summed E-state index contributed by atoms with van der Waals surface area (Å²) in [6.07, 6.45) is 1.75. The van der Waals surface area contributed by atoms with Crippen LogP contribution in [0.1, 0.15) is 23.0 Å². The van der Waals surface area contributed by atoms with Gasteiger partial charge >= 0.3 is 0 Å². The van der Waals surface area contributed by atoms with Crippen LogP contribution in [0, 0.1) is 20.8 Å². The van der Waals surface area contributed by atoms with Crippen molar-refractivity contribution in [2.75, 3.05) is 11.9 Å². The third kappa shape index (κ3) is 2.01. The maximum absolute atomic E-state index is 5.43. The molecule has 0 N–H and O–H groups in total. The fourth-order valence-corrected chi connectivity index (χ4v) is 2.25. The standard InChI is InChI=1S/C13H16N6O/c1-8-9(2)15-11-5-6-14-19(11)13(8)18(4)7-12-17-16-10(3)20-12/h5-6H,7H2,1-4H3. The molecule has 3 heterocycles. The van der Waals surface area contributed by atoms with E-state index in [2.05, 4.69) is 20.3 Å². The van der Waals surface area contributed by atoms with Gasteiger partial charge in [0, 0.05) is 31.3 Å². The third-order valence-electron chi connectivity index (χ3n) is 3.29. The van der Waals surface area contributed by atoms with Crippen LogP contribution >= 0.6 is 0 Å². The maximum Gasteiger partial charge on any atom is 0.235 e. The van der Waals surface area contributed by atoms with Crippen molar-refractivity contribution in [3.63, 3.8) is 0 Å². The lowest BCUT2D eigenvalue weighted by atomic mass is 10.2. The second kappa shape index (κ2) is 4.59. The van der Waals surface area contributed by atoms with E-state index in [0.717, 1.165) is 22.7 Å². The van der Waals surface area contributed by atoms with Gasteiger partial charge in [0.25, 0.3) is 0 Å². The Morgan fingerprint density at radius 1 is 1.25 bits per heavy atom. The van der Waals surface area contributed by atoms with Crippen LogP contribution in [-0.2, 0) is 6.54 Å². The quantitative estimate of drug-likeness (QED) is 0.722. The highest BCUT2D eigenvalue weighted by Crippen LogP contribution is 2.23. The highest BCUT2D eigenvalue weighted by Gasteiger charge is 2.16. The topological polar surface area (TPSA) is 72.4 Å². The first kappa shape index (κ1) is 12.6. The molecular formula is C13H16N6O. The summed E-state index contributed by atoms with van der Waals surface area (Å²) in [6.45, 7) is 6.34. The summed E-state index contributed by atoms with van der Waals surface area (Å²) in [6, 6.07) is 1.89. The Bertz CT molecular complexity index is 759. The third-order valence-corrected chi connectivity index (χ3v) is 3.29. The van der Waals surface area contributed by atoms with E-state index < -0.39 is 0 Å². The second-order valence-electron chi connectivity index (χ2n) is 4.82. The molecule has 3 rings (SSSR count). The molecule has 0 aliphatic carbocycles. The van der Waals surface area contributed by atoms with Crippen molar-refractivity contribution in [3.8, 4) is 0 Å². The fourth-order valence-electron chi connectivity index (χ4n) is 2.25. The zero-order chi connectivity index (χ0) is 14.3. The van der Waals surface area contributed by atoms with E-state index in [1.165, 1.54) is 0 Å². The molecule has 0 spiro atoms. The van der Waals surface area contributed by atoms with Gasteiger partial charge in [-0.25, -0.2) is 4.98 Å². The molecule has 0 aliphatic rings. The van der Waals surface area contributed by atoms with Crippen molar-refractivity contribution in [3.05, 3.63) is 35.3 Å². The van der Waals surface area contributed by atoms with E-state index >= 15 is 0 Å². The Labute approximate surface area is 116 Å². The monoisotopic (exact) mass is 272 g/mol. The minimum Gasteiger partial charge on any atom is -0.424 e. The number of aryl methyl sites for hydroxylation is 2. The van der Waals surface area contributed by atoms with Crippen LogP contribution in [0.2, 0.25) is 0 Å². The summed E-state index contributed by atoms with van der Waals surface area (Å²) in [5.74, 6) is 2.13. The highest BCUT2D eigenvalue weighted by molar-refractivity contribution is 5.55. The van der Waals surface area contributed by atoms with Gasteiger partial charge in [-0.1, -0.05) is 0 Å². The first-order valence-corrected chi connectivity index (χ1v) is 6.37. The number of anilines is 1. The van der Waals surface area contributed by atoms with Gasteiger partial charge in [0.15, 0.2) is 5.65 Å². The smallest absolute Gasteiger partial charge is 0.235 e. The van der Waals surface area contributed by atoms with Crippen LogP contribution in [-0.4, -0.2) is 31.8 Å². The number of aromatic nitrogens is 5. The van der Waals surface area contributed by atoms with Crippen LogP contribution < -0.4 is 4.90 Å². The first-order valence-electron chi connectivity index (χ1n) is 6.37. The normalized spacial score (nSPS) is 11.2. The van der Waals surface area contributed by atoms with Gasteiger partial charge < -0.3 is 9.32 Å². The van der Waals surface area contributed by atoms with Crippen LogP contribution in [0.5, 0.6) is 0 Å². The lowest BCUT2D eigenvalue weighted by molar-refractivity contribution is 0.465. The SMILES string of the molecule is Cc1nnc(CN(C)c2c(C)c(C)nc3ccnn23)o1. The molecule has 104 valence electrons. The zero-order valence-corrected chi connectivity index (χ0v) is 12.0. The van der Waals surface area contributed by atoms with Gasteiger partial charge in [-0.2, -0.15) is 9.61 Å². The molecule has 0 amide bonds. The summed E-state index contributed by atoms with van der Waals surface area (Å²) in [5, 5.41) is 12.2. The lowest BCUT2D eigenvalue weighted by Crippen LogP contribution is -2.22. The number of rotatable bonds is 3. The first-order chi connectivity index (χ1) is 9.56.